The lowest BCUT2D eigenvalue weighted by Crippen LogP contribution is -2.22. The Morgan fingerprint density at radius 2 is 1.54 bits per heavy atom. The summed E-state index contributed by atoms with van der Waals surface area (Å²) in [6.07, 6.45) is 1.96. The molecule has 1 heterocycles. The van der Waals surface area contributed by atoms with Gasteiger partial charge in [-0.1, -0.05) is 60.1 Å². The second-order valence-corrected chi connectivity index (χ2v) is 6.78. The summed E-state index contributed by atoms with van der Waals surface area (Å²) in [7, 11) is 0. The van der Waals surface area contributed by atoms with E-state index in [0.717, 1.165) is 22.5 Å². The lowest BCUT2D eigenvalue weighted by molar-refractivity contribution is 0.0951. The van der Waals surface area contributed by atoms with E-state index >= 15 is 0 Å². The van der Waals surface area contributed by atoms with Gasteiger partial charge in [0, 0.05) is 34.5 Å². The van der Waals surface area contributed by atoms with Gasteiger partial charge in [0.1, 0.15) is 0 Å². The molecule has 1 amide bonds. The number of carbonyl (C=O) groups excluding carboxylic acids is 1. The van der Waals surface area contributed by atoms with Crippen LogP contribution in [0.2, 0.25) is 5.02 Å². The molecule has 0 spiro atoms. The number of para-hydroxylation sites is 1. The zero-order valence-corrected chi connectivity index (χ0v) is 15.8. The molecule has 0 aliphatic carbocycles. The minimum atomic E-state index is -0.150. The summed E-state index contributed by atoms with van der Waals surface area (Å²) in [6, 6.07) is 26.7. The van der Waals surface area contributed by atoms with Gasteiger partial charge in [-0.15, -0.1) is 0 Å². The Kier molecular flexibility index (Phi) is 5.22. The molecule has 4 rings (SSSR count). The lowest BCUT2D eigenvalue weighted by atomic mass is 10.1. The van der Waals surface area contributed by atoms with Crippen molar-refractivity contribution in [2.45, 2.75) is 6.54 Å². The first-order valence-corrected chi connectivity index (χ1v) is 9.31. The molecule has 3 aromatic carbocycles. The molecule has 4 aromatic rings. The van der Waals surface area contributed by atoms with Crippen LogP contribution in [0.25, 0.3) is 16.9 Å². The number of halogens is 1. The first-order valence-electron chi connectivity index (χ1n) is 8.94. The van der Waals surface area contributed by atoms with E-state index in [2.05, 4.69) is 5.32 Å². The monoisotopic (exact) mass is 387 g/mol. The van der Waals surface area contributed by atoms with Crippen molar-refractivity contribution >= 4 is 17.5 Å². The van der Waals surface area contributed by atoms with Crippen molar-refractivity contribution < 1.29 is 4.79 Å². The first kappa shape index (κ1) is 18.0. The van der Waals surface area contributed by atoms with Gasteiger partial charge in [-0.05, 0) is 36.4 Å². The zero-order chi connectivity index (χ0) is 19.3. The quantitative estimate of drug-likeness (QED) is 0.516. The van der Waals surface area contributed by atoms with E-state index < -0.39 is 0 Å². The molecule has 0 saturated carbocycles. The van der Waals surface area contributed by atoms with Gasteiger partial charge in [0.25, 0.3) is 5.91 Å². The number of nitrogens with zero attached hydrogens (tertiary/aromatic N) is 2. The summed E-state index contributed by atoms with van der Waals surface area (Å²) in [4.78, 5) is 12.5. The molecule has 0 saturated heterocycles. The Bertz CT molecular complexity index is 1070. The predicted molar refractivity (Wildman–Crippen MR) is 112 cm³/mol. The summed E-state index contributed by atoms with van der Waals surface area (Å²) in [5, 5.41) is 8.34. The third-order valence-corrected chi connectivity index (χ3v) is 4.66. The van der Waals surface area contributed by atoms with E-state index in [-0.39, 0.29) is 5.91 Å². The van der Waals surface area contributed by atoms with Gasteiger partial charge >= 0.3 is 0 Å². The number of nitrogens with one attached hydrogen (secondary N) is 1. The van der Waals surface area contributed by atoms with Crippen LogP contribution in [0, 0.1) is 0 Å². The van der Waals surface area contributed by atoms with Crippen molar-refractivity contribution in [1.29, 1.82) is 0 Å². The molecule has 138 valence electrons. The van der Waals surface area contributed by atoms with Gasteiger partial charge in [0.05, 0.1) is 11.4 Å². The van der Waals surface area contributed by atoms with Crippen LogP contribution in [-0.2, 0) is 6.54 Å². The first-order chi connectivity index (χ1) is 13.7. The summed E-state index contributed by atoms with van der Waals surface area (Å²) in [5.74, 6) is -0.150. The fourth-order valence-corrected chi connectivity index (χ4v) is 3.10. The topological polar surface area (TPSA) is 46.9 Å². The van der Waals surface area contributed by atoms with E-state index in [1.807, 2.05) is 71.5 Å². The molecule has 0 fully saturated rings. The van der Waals surface area contributed by atoms with Gasteiger partial charge in [-0.2, -0.15) is 5.10 Å². The van der Waals surface area contributed by atoms with Crippen molar-refractivity contribution in [1.82, 2.24) is 15.1 Å². The fraction of sp³-hybridized carbons (Fsp3) is 0.0435. The molecule has 0 atom stereocenters. The standard InChI is InChI=1S/C23H18ClN3O/c24-20-13-11-18(12-14-20)23(28)25-15-19-16-27(21-9-5-2-6-10-21)26-22(19)17-7-3-1-4-8-17/h1-14,16H,15H2,(H,25,28). The van der Waals surface area contributed by atoms with Crippen LogP contribution in [-0.4, -0.2) is 15.7 Å². The van der Waals surface area contributed by atoms with Crippen LogP contribution in [0.5, 0.6) is 0 Å². The third kappa shape index (κ3) is 3.97. The predicted octanol–water partition coefficient (Wildman–Crippen LogP) is 5.12. The summed E-state index contributed by atoms with van der Waals surface area (Å²) in [5.41, 5.74) is 4.34. The lowest BCUT2D eigenvalue weighted by Gasteiger charge is -2.06. The third-order valence-electron chi connectivity index (χ3n) is 4.40. The Hall–Kier alpha value is -3.37. The number of hydrogen-bond donors (Lipinski definition) is 1. The fourth-order valence-electron chi connectivity index (χ4n) is 2.97. The van der Waals surface area contributed by atoms with Gasteiger partial charge in [-0.25, -0.2) is 4.68 Å². The maximum absolute atomic E-state index is 12.5. The highest BCUT2D eigenvalue weighted by Gasteiger charge is 2.14. The van der Waals surface area contributed by atoms with Gasteiger partial charge < -0.3 is 5.32 Å². The van der Waals surface area contributed by atoms with E-state index in [1.165, 1.54) is 0 Å². The number of amides is 1. The Labute approximate surface area is 168 Å². The number of rotatable bonds is 5. The molecule has 0 unspecified atom stereocenters. The smallest absolute Gasteiger partial charge is 0.251 e. The van der Waals surface area contributed by atoms with Crippen LogP contribution in [0.1, 0.15) is 15.9 Å². The molecule has 4 nitrogen and oxygen atoms in total. The molecule has 28 heavy (non-hydrogen) atoms. The Morgan fingerprint density at radius 1 is 0.893 bits per heavy atom. The zero-order valence-electron chi connectivity index (χ0n) is 15.0. The average Bonchev–Trinajstić information content (AvgIpc) is 3.18. The van der Waals surface area contributed by atoms with Crippen molar-refractivity contribution in [2.75, 3.05) is 0 Å². The normalized spacial score (nSPS) is 10.6. The molecular weight excluding hydrogens is 370 g/mol. The number of carbonyl (C=O) groups is 1. The van der Waals surface area contributed by atoms with E-state index in [4.69, 9.17) is 16.7 Å². The molecule has 0 aliphatic heterocycles. The van der Waals surface area contributed by atoms with Crippen LogP contribution in [0.3, 0.4) is 0 Å². The molecule has 0 radical (unpaired) electrons. The highest BCUT2D eigenvalue weighted by Crippen LogP contribution is 2.23. The largest absolute Gasteiger partial charge is 0.348 e. The second-order valence-electron chi connectivity index (χ2n) is 6.34. The molecular formula is C23H18ClN3O. The van der Waals surface area contributed by atoms with Crippen molar-refractivity contribution in [3.8, 4) is 16.9 Å². The van der Waals surface area contributed by atoms with Crippen molar-refractivity contribution in [3.05, 3.63) is 107 Å². The van der Waals surface area contributed by atoms with Crippen molar-refractivity contribution in [3.63, 3.8) is 0 Å². The number of benzene rings is 3. The molecule has 1 aromatic heterocycles. The summed E-state index contributed by atoms with van der Waals surface area (Å²) in [6.45, 7) is 0.374. The molecule has 1 N–H and O–H groups in total. The highest BCUT2D eigenvalue weighted by molar-refractivity contribution is 6.30. The minimum absolute atomic E-state index is 0.150. The molecule has 0 bridgehead atoms. The summed E-state index contributed by atoms with van der Waals surface area (Å²) < 4.78 is 1.84. The van der Waals surface area contributed by atoms with Crippen LogP contribution in [0.15, 0.2) is 91.1 Å². The number of aromatic nitrogens is 2. The van der Waals surface area contributed by atoms with E-state index in [1.54, 1.807) is 24.3 Å². The minimum Gasteiger partial charge on any atom is -0.348 e. The number of hydrogen-bond acceptors (Lipinski definition) is 2. The SMILES string of the molecule is O=C(NCc1cn(-c2ccccc2)nc1-c1ccccc1)c1ccc(Cl)cc1. The second kappa shape index (κ2) is 8.11. The van der Waals surface area contributed by atoms with Gasteiger partial charge in [-0.3, -0.25) is 4.79 Å². The highest BCUT2D eigenvalue weighted by atomic mass is 35.5. The Morgan fingerprint density at radius 3 is 2.21 bits per heavy atom. The maximum atomic E-state index is 12.5. The van der Waals surface area contributed by atoms with E-state index in [0.29, 0.717) is 17.1 Å². The Balaban J connectivity index is 1.62. The molecule has 5 heteroatoms. The van der Waals surface area contributed by atoms with E-state index in [9.17, 15) is 4.79 Å². The van der Waals surface area contributed by atoms with Gasteiger partial charge in [0.15, 0.2) is 0 Å². The van der Waals surface area contributed by atoms with Crippen LogP contribution < -0.4 is 5.32 Å². The van der Waals surface area contributed by atoms with Crippen LogP contribution >= 0.6 is 11.6 Å². The van der Waals surface area contributed by atoms with Crippen molar-refractivity contribution in [2.24, 2.45) is 0 Å². The van der Waals surface area contributed by atoms with Crippen LogP contribution in [0.4, 0.5) is 0 Å². The average molecular weight is 388 g/mol. The maximum Gasteiger partial charge on any atom is 0.251 e. The van der Waals surface area contributed by atoms with Gasteiger partial charge in [0.2, 0.25) is 0 Å². The summed E-state index contributed by atoms with van der Waals surface area (Å²) >= 11 is 5.90. The molecule has 0 aliphatic rings.